The van der Waals surface area contributed by atoms with Crippen molar-refractivity contribution in [2.75, 3.05) is 19.6 Å². The zero-order chi connectivity index (χ0) is 18.8. The predicted octanol–water partition coefficient (Wildman–Crippen LogP) is 1.48. The lowest BCUT2D eigenvalue weighted by Gasteiger charge is -2.35. The van der Waals surface area contributed by atoms with Crippen molar-refractivity contribution in [2.45, 2.75) is 32.1 Å². The summed E-state index contributed by atoms with van der Waals surface area (Å²) in [7, 11) is -3.66. The summed E-state index contributed by atoms with van der Waals surface area (Å²) in [4.78, 5) is 25.7. The van der Waals surface area contributed by atoms with E-state index in [0.717, 1.165) is 0 Å². The number of sulfonamides is 1. The molecular formula is C17H24N2O5S. The molecule has 1 saturated heterocycles. The normalized spacial score (nSPS) is 21.2. The topological polar surface area (TPSA) is 104 Å². The van der Waals surface area contributed by atoms with Gasteiger partial charge in [-0.25, -0.2) is 13.1 Å². The molecule has 138 valence electrons. The van der Waals surface area contributed by atoms with Crippen LogP contribution < -0.4 is 4.72 Å². The first kappa shape index (κ1) is 19.4. The summed E-state index contributed by atoms with van der Waals surface area (Å²) in [5.41, 5.74) is 0.947. The van der Waals surface area contributed by atoms with Crippen molar-refractivity contribution in [3.8, 4) is 0 Å². The number of carbonyl (C=O) groups excluding carboxylic acids is 1. The molecular weight excluding hydrogens is 344 g/mol. The largest absolute Gasteiger partial charge is 0.481 e. The van der Waals surface area contributed by atoms with E-state index >= 15 is 0 Å². The fourth-order valence-electron chi connectivity index (χ4n) is 3.14. The summed E-state index contributed by atoms with van der Waals surface area (Å²) in [5, 5.41) is 9.27. The summed E-state index contributed by atoms with van der Waals surface area (Å²) < 4.78 is 26.8. The van der Waals surface area contributed by atoms with Gasteiger partial charge in [-0.1, -0.05) is 19.9 Å². The van der Waals surface area contributed by atoms with Gasteiger partial charge in [0.15, 0.2) is 0 Å². The van der Waals surface area contributed by atoms with Crippen LogP contribution in [-0.4, -0.2) is 49.9 Å². The number of aliphatic carboxylic acids is 1. The van der Waals surface area contributed by atoms with Crippen LogP contribution in [0.5, 0.6) is 0 Å². The Kier molecular flexibility index (Phi) is 5.84. The third kappa shape index (κ3) is 4.38. The highest BCUT2D eigenvalue weighted by molar-refractivity contribution is 7.89. The zero-order valence-corrected chi connectivity index (χ0v) is 15.5. The van der Waals surface area contributed by atoms with Gasteiger partial charge >= 0.3 is 5.97 Å². The molecule has 25 heavy (non-hydrogen) atoms. The van der Waals surface area contributed by atoms with E-state index in [-0.39, 0.29) is 35.4 Å². The van der Waals surface area contributed by atoms with Gasteiger partial charge in [0.1, 0.15) is 0 Å². The van der Waals surface area contributed by atoms with Crippen molar-refractivity contribution in [2.24, 2.45) is 11.8 Å². The van der Waals surface area contributed by atoms with E-state index in [1.54, 1.807) is 19.9 Å². The Morgan fingerprint density at radius 3 is 2.60 bits per heavy atom. The molecule has 0 saturated carbocycles. The second kappa shape index (κ2) is 7.53. The highest BCUT2D eigenvalue weighted by Gasteiger charge is 2.33. The second-order valence-corrected chi connectivity index (χ2v) is 8.33. The van der Waals surface area contributed by atoms with Crippen molar-refractivity contribution in [1.29, 1.82) is 0 Å². The van der Waals surface area contributed by atoms with Crippen LogP contribution in [0.3, 0.4) is 0 Å². The Bertz CT molecular complexity index is 775. The Morgan fingerprint density at radius 1 is 1.32 bits per heavy atom. The number of carboxylic acid groups (broad SMARTS) is 1. The van der Waals surface area contributed by atoms with Crippen LogP contribution in [0.15, 0.2) is 23.1 Å². The standard InChI is InChI=1S/C17H24N2O5S/c1-4-18-25(23,24)14-6-5-12(3)15(8-14)16(20)19-9-11(2)7-13(10-19)17(21)22/h5-6,8,11,13,18H,4,7,9-10H2,1-3H3,(H,21,22). The smallest absolute Gasteiger partial charge is 0.308 e. The predicted molar refractivity (Wildman–Crippen MR) is 92.9 cm³/mol. The van der Waals surface area contributed by atoms with E-state index in [1.807, 2.05) is 6.92 Å². The van der Waals surface area contributed by atoms with Crippen molar-refractivity contribution in [3.05, 3.63) is 29.3 Å². The van der Waals surface area contributed by atoms with Crippen LogP contribution >= 0.6 is 0 Å². The molecule has 2 atom stereocenters. The number of rotatable bonds is 5. The van der Waals surface area contributed by atoms with Crippen LogP contribution in [0.25, 0.3) is 0 Å². The third-order valence-electron chi connectivity index (χ3n) is 4.38. The van der Waals surface area contributed by atoms with Gasteiger partial charge in [0.2, 0.25) is 10.0 Å². The summed E-state index contributed by atoms with van der Waals surface area (Å²) in [6.45, 7) is 6.18. The summed E-state index contributed by atoms with van der Waals surface area (Å²) >= 11 is 0. The molecule has 1 aliphatic rings. The molecule has 1 aliphatic heterocycles. The molecule has 8 heteroatoms. The van der Waals surface area contributed by atoms with E-state index in [0.29, 0.717) is 18.5 Å². The second-order valence-electron chi connectivity index (χ2n) is 6.56. The average molecular weight is 368 g/mol. The first-order valence-electron chi connectivity index (χ1n) is 8.28. The minimum absolute atomic E-state index is 0.0307. The van der Waals surface area contributed by atoms with Gasteiger partial charge in [-0.2, -0.15) is 0 Å². The molecule has 0 bridgehead atoms. The van der Waals surface area contributed by atoms with Crippen LogP contribution in [0.4, 0.5) is 0 Å². The molecule has 1 amide bonds. The van der Waals surface area contributed by atoms with Gasteiger partial charge in [-0.3, -0.25) is 9.59 Å². The van der Waals surface area contributed by atoms with E-state index in [9.17, 15) is 23.1 Å². The average Bonchev–Trinajstić information content (AvgIpc) is 2.53. The quantitative estimate of drug-likeness (QED) is 0.819. The maximum atomic E-state index is 12.9. The summed E-state index contributed by atoms with van der Waals surface area (Å²) in [6, 6.07) is 4.42. The van der Waals surface area contributed by atoms with Crippen LogP contribution in [-0.2, 0) is 14.8 Å². The van der Waals surface area contributed by atoms with E-state index in [2.05, 4.69) is 4.72 Å². The molecule has 2 rings (SSSR count). The highest BCUT2D eigenvalue weighted by Crippen LogP contribution is 2.25. The highest BCUT2D eigenvalue weighted by atomic mass is 32.2. The number of likely N-dealkylation sites (tertiary alicyclic amines) is 1. The number of nitrogens with zero attached hydrogens (tertiary/aromatic N) is 1. The molecule has 2 N–H and O–H groups in total. The lowest BCUT2D eigenvalue weighted by molar-refractivity contribution is -0.143. The first-order valence-corrected chi connectivity index (χ1v) is 9.76. The van der Waals surface area contributed by atoms with Gasteiger partial charge in [0.25, 0.3) is 5.91 Å². The molecule has 0 spiro atoms. The molecule has 1 aromatic carbocycles. The number of benzene rings is 1. The van der Waals surface area contributed by atoms with Crippen molar-refractivity contribution in [3.63, 3.8) is 0 Å². The molecule has 7 nitrogen and oxygen atoms in total. The van der Waals surface area contributed by atoms with E-state index in [4.69, 9.17) is 0 Å². The third-order valence-corrected chi connectivity index (χ3v) is 5.92. The van der Waals surface area contributed by atoms with Crippen molar-refractivity contribution >= 4 is 21.9 Å². The lowest BCUT2D eigenvalue weighted by atomic mass is 9.90. The molecule has 2 unspecified atom stereocenters. The van der Waals surface area contributed by atoms with Crippen molar-refractivity contribution in [1.82, 2.24) is 9.62 Å². The monoisotopic (exact) mass is 368 g/mol. The van der Waals surface area contributed by atoms with Crippen LogP contribution in [0.2, 0.25) is 0 Å². The molecule has 0 aromatic heterocycles. The summed E-state index contributed by atoms with van der Waals surface area (Å²) in [6.07, 6.45) is 0.535. The maximum absolute atomic E-state index is 12.9. The number of hydrogen-bond donors (Lipinski definition) is 2. The fraction of sp³-hybridized carbons (Fsp3) is 0.529. The molecule has 0 radical (unpaired) electrons. The lowest BCUT2D eigenvalue weighted by Crippen LogP contribution is -2.45. The Morgan fingerprint density at radius 2 is 2.00 bits per heavy atom. The van der Waals surface area contributed by atoms with Crippen molar-refractivity contribution < 1.29 is 23.1 Å². The SMILES string of the molecule is CCNS(=O)(=O)c1ccc(C)c(C(=O)N2CC(C)CC(C(=O)O)C2)c1. The number of carboxylic acids is 1. The maximum Gasteiger partial charge on any atom is 0.308 e. The van der Waals surface area contributed by atoms with E-state index < -0.39 is 21.9 Å². The number of nitrogens with one attached hydrogen (secondary N) is 1. The number of amides is 1. The van der Waals surface area contributed by atoms with E-state index in [1.165, 1.54) is 17.0 Å². The number of piperidine rings is 1. The Labute approximate surface area is 148 Å². The van der Waals surface area contributed by atoms with Gasteiger partial charge in [-0.05, 0) is 37.0 Å². The van der Waals surface area contributed by atoms with Gasteiger partial charge in [-0.15, -0.1) is 0 Å². The summed E-state index contributed by atoms with van der Waals surface area (Å²) in [5.74, 6) is -1.76. The molecule has 1 fully saturated rings. The minimum Gasteiger partial charge on any atom is -0.481 e. The molecule has 0 aliphatic carbocycles. The minimum atomic E-state index is -3.66. The zero-order valence-electron chi connectivity index (χ0n) is 14.7. The Balaban J connectivity index is 2.34. The van der Waals surface area contributed by atoms with Gasteiger partial charge < -0.3 is 10.0 Å². The van der Waals surface area contributed by atoms with Crippen LogP contribution in [0.1, 0.15) is 36.2 Å². The van der Waals surface area contributed by atoms with Gasteiger partial charge in [0, 0.05) is 25.2 Å². The molecule has 1 heterocycles. The van der Waals surface area contributed by atoms with Crippen LogP contribution in [0, 0.1) is 18.8 Å². The number of carbonyl (C=O) groups is 2. The fourth-order valence-corrected chi connectivity index (χ4v) is 4.21. The molecule has 1 aromatic rings. The van der Waals surface area contributed by atoms with Gasteiger partial charge in [0.05, 0.1) is 10.8 Å². The number of aryl methyl sites for hydroxylation is 1. The Hall–Kier alpha value is -1.93. The number of hydrogen-bond acceptors (Lipinski definition) is 4. The first-order chi connectivity index (χ1) is 11.7.